The molecule has 0 bridgehead atoms. The number of ether oxygens (including phenoxy) is 1. The van der Waals surface area contributed by atoms with Gasteiger partial charge in [0.2, 0.25) is 5.28 Å². The van der Waals surface area contributed by atoms with Crippen LogP contribution in [0.5, 0.6) is 5.75 Å². The molecule has 3 aromatic rings. The SMILES string of the molecule is FC1(F)CC1COc1cccc2c(NCc3ccns3)nc(Cl)nc12. The van der Waals surface area contributed by atoms with Crippen LogP contribution in [0.4, 0.5) is 14.6 Å². The number of fused-ring (bicyclic) bond motifs is 1. The van der Waals surface area contributed by atoms with E-state index in [1.54, 1.807) is 18.3 Å². The van der Waals surface area contributed by atoms with E-state index in [0.29, 0.717) is 29.0 Å². The van der Waals surface area contributed by atoms with E-state index in [0.717, 1.165) is 4.88 Å². The highest BCUT2D eigenvalue weighted by Gasteiger charge is 2.57. The van der Waals surface area contributed by atoms with Gasteiger partial charge in [0.1, 0.15) is 17.1 Å². The van der Waals surface area contributed by atoms with E-state index >= 15 is 0 Å². The third-order valence-electron chi connectivity index (χ3n) is 3.98. The Balaban J connectivity index is 1.59. The van der Waals surface area contributed by atoms with E-state index in [1.165, 1.54) is 11.5 Å². The molecule has 2 heterocycles. The van der Waals surface area contributed by atoms with Crippen molar-refractivity contribution < 1.29 is 13.5 Å². The Morgan fingerprint density at radius 3 is 2.88 bits per heavy atom. The molecule has 0 spiro atoms. The molecular weight excluding hydrogens is 370 g/mol. The normalized spacial score (nSPS) is 18.3. The van der Waals surface area contributed by atoms with Gasteiger partial charge in [-0.25, -0.2) is 23.1 Å². The van der Waals surface area contributed by atoms with Crippen molar-refractivity contribution in [3.63, 3.8) is 0 Å². The van der Waals surface area contributed by atoms with E-state index in [-0.39, 0.29) is 18.3 Å². The van der Waals surface area contributed by atoms with Gasteiger partial charge in [-0.05, 0) is 41.3 Å². The van der Waals surface area contributed by atoms with Gasteiger partial charge in [-0.1, -0.05) is 6.07 Å². The zero-order valence-corrected chi connectivity index (χ0v) is 14.4. The molecule has 1 atom stereocenters. The van der Waals surface area contributed by atoms with Gasteiger partial charge in [0, 0.05) is 22.9 Å². The number of nitrogens with one attached hydrogen (secondary N) is 1. The quantitative estimate of drug-likeness (QED) is 0.641. The lowest BCUT2D eigenvalue weighted by Gasteiger charge is -2.12. The molecule has 1 unspecified atom stereocenters. The van der Waals surface area contributed by atoms with E-state index in [9.17, 15) is 8.78 Å². The van der Waals surface area contributed by atoms with E-state index in [2.05, 4.69) is 19.7 Å². The monoisotopic (exact) mass is 382 g/mol. The summed E-state index contributed by atoms with van der Waals surface area (Å²) in [4.78, 5) is 9.48. The molecule has 2 aromatic heterocycles. The number of aromatic nitrogens is 3. The van der Waals surface area contributed by atoms with Gasteiger partial charge in [0.05, 0.1) is 19.1 Å². The zero-order chi connectivity index (χ0) is 17.4. The number of halogens is 3. The molecule has 5 nitrogen and oxygen atoms in total. The first kappa shape index (κ1) is 16.4. The summed E-state index contributed by atoms with van der Waals surface area (Å²) in [6, 6.07) is 7.21. The summed E-state index contributed by atoms with van der Waals surface area (Å²) >= 11 is 7.42. The third kappa shape index (κ3) is 3.50. The lowest BCUT2D eigenvalue weighted by atomic mass is 10.2. The van der Waals surface area contributed by atoms with Gasteiger partial charge in [-0.3, -0.25) is 0 Å². The summed E-state index contributed by atoms with van der Waals surface area (Å²) in [7, 11) is 0. The minimum Gasteiger partial charge on any atom is -0.491 e. The van der Waals surface area contributed by atoms with Crippen molar-refractivity contribution >= 4 is 39.9 Å². The van der Waals surface area contributed by atoms with Crippen molar-refractivity contribution in [1.29, 1.82) is 0 Å². The van der Waals surface area contributed by atoms with Gasteiger partial charge in [0.25, 0.3) is 5.92 Å². The highest BCUT2D eigenvalue weighted by atomic mass is 35.5. The molecule has 1 fully saturated rings. The highest BCUT2D eigenvalue weighted by molar-refractivity contribution is 7.05. The molecule has 1 aliphatic carbocycles. The largest absolute Gasteiger partial charge is 0.491 e. The van der Waals surface area contributed by atoms with Gasteiger partial charge < -0.3 is 10.1 Å². The van der Waals surface area contributed by atoms with Crippen LogP contribution in [0.3, 0.4) is 0 Å². The first-order valence-electron chi connectivity index (χ1n) is 7.63. The second-order valence-electron chi connectivity index (χ2n) is 5.80. The maximum atomic E-state index is 13.0. The number of hydrogen-bond acceptors (Lipinski definition) is 6. The lowest BCUT2D eigenvalue weighted by Crippen LogP contribution is -2.07. The molecule has 1 N–H and O–H groups in total. The standard InChI is InChI=1S/C16H13ClF2N4OS/c17-15-22-13-11(14(23-15)20-7-10-4-5-21-25-10)2-1-3-12(13)24-8-9-6-16(9,18)19/h1-5,9H,6-8H2,(H,20,22,23). The summed E-state index contributed by atoms with van der Waals surface area (Å²) < 4.78 is 35.7. The van der Waals surface area contributed by atoms with Crippen LogP contribution < -0.4 is 10.1 Å². The Labute approximate surface area is 151 Å². The minimum absolute atomic E-state index is 0.0443. The number of alkyl halides is 2. The van der Waals surface area contributed by atoms with Crippen LogP contribution in [-0.2, 0) is 6.54 Å². The van der Waals surface area contributed by atoms with Crippen LogP contribution in [0.2, 0.25) is 5.28 Å². The molecular formula is C16H13ClF2N4OS. The fourth-order valence-corrected chi connectivity index (χ4v) is 3.18. The molecule has 9 heteroatoms. The summed E-state index contributed by atoms with van der Waals surface area (Å²) in [6.07, 6.45) is 1.60. The fraction of sp³-hybridized carbons (Fsp3) is 0.312. The van der Waals surface area contributed by atoms with Crippen molar-refractivity contribution in [1.82, 2.24) is 14.3 Å². The molecule has 130 valence electrons. The lowest BCUT2D eigenvalue weighted by molar-refractivity contribution is 0.0858. The summed E-state index contributed by atoms with van der Waals surface area (Å²) in [5.74, 6) is -2.36. The van der Waals surface area contributed by atoms with Crippen LogP contribution in [0.1, 0.15) is 11.3 Å². The Morgan fingerprint density at radius 1 is 1.32 bits per heavy atom. The van der Waals surface area contributed by atoms with Gasteiger partial charge >= 0.3 is 0 Å². The molecule has 1 aliphatic rings. The van der Waals surface area contributed by atoms with Crippen molar-refractivity contribution in [2.45, 2.75) is 18.9 Å². The Bertz CT molecular complexity index is 907. The van der Waals surface area contributed by atoms with Crippen molar-refractivity contribution in [2.24, 2.45) is 5.92 Å². The first-order chi connectivity index (χ1) is 12.0. The van der Waals surface area contributed by atoms with Gasteiger partial charge in [-0.2, -0.15) is 0 Å². The Kier molecular flexibility index (Phi) is 4.16. The van der Waals surface area contributed by atoms with E-state index in [4.69, 9.17) is 16.3 Å². The van der Waals surface area contributed by atoms with Crippen LogP contribution in [0.25, 0.3) is 10.9 Å². The van der Waals surface area contributed by atoms with Crippen LogP contribution in [0.15, 0.2) is 30.5 Å². The van der Waals surface area contributed by atoms with Crippen molar-refractivity contribution in [2.75, 3.05) is 11.9 Å². The zero-order valence-electron chi connectivity index (χ0n) is 12.9. The number of hydrogen-bond donors (Lipinski definition) is 1. The van der Waals surface area contributed by atoms with Gasteiger partial charge in [0.15, 0.2) is 0 Å². The second kappa shape index (κ2) is 6.34. The first-order valence-corrected chi connectivity index (χ1v) is 8.78. The Hall–Kier alpha value is -2.06. The molecule has 4 rings (SSSR count). The van der Waals surface area contributed by atoms with Crippen molar-refractivity contribution in [3.05, 3.63) is 40.6 Å². The second-order valence-corrected chi connectivity index (χ2v) is 7.05. The molecule has 1 saturated carbocycles. The predicted molar refractivity (Wildman–Crippen MR) is 92.5 cm³/mol. The van der Waals surface area contributed by atoms with Crippen LogP contribution >= 0.6 is 23.1 Å². The van der Waals surface area contributed by atoms with E-state index < -0.39 is 11.8 Å². The van der Waals surface area contributed by atoms with Gasteiger partial charge in [-0.15, -0.1) is 0 Å². The summed E-state index contributed by atoms with van der Waals surface area (Å²) in [6.45, 7) is 0.504. The summed E-state index contributed by atoms with van der Waals surface area (Å²) in [5, 5.41) is 3.99. The Morgan fingerprint density at radius 2 is 2.16 bits per heavy atom. The third-order valence-corrected chi connectivity index (χ3v) is 4.89. The number of benzene rings is 1. The number of nitrogens with zero attached hydrogens (tertiary/aromatic N) is 3. The number of para-hydroxylation sites is 1. The molecule has 0 radical (unpaired) electrons. The average molecular weight is 383 g/mol. The maximum Gasteiger partial charge on any atom is 0.255 e. The predicted octanol–water partition coefficient (Wildman–Crippen LogP) is 4.39. The number of rotatable bonds is 6. The minimum atomic E-state index is -2.61. The summed E-state index contributed by atoms with van der Waals surface area (Å²) in [5.41, 5.74) is 0.498. The average Bonchev–Trinajstić information content (AvgIpc) is 2.98. The molecule has 0 saturated heterocycles. The number of anilines is 1. The van der Waals surface area contributed by atoms with Crippen molar-refractivity contribution in [3.8, 4) is 5.75 Å². The smallest absolute Gasteiger partial charge is 0.255 e. The molecule has 0 aliphatic heterocycles. The molecule has 25 heavy (non-hydrogen) atoms. The fourth-order valence-electron chi connectivity index (χ4n) is 2.49. The maximum absolute atomic E-state index is 13.0. The highest BCUT2D eigenvalue weighted by Crippen LogP contribution is 2.48. The van der Waals surface area contributed by atoms with Crippen LogP contribution in [0, 0.1) is 5.92 Å². The van der Waals surface area contributed by atoms with E-state index in [1.807, 2.05) is 12.1 Å². The molecule has 1 aromatic carbocycles. The van der Waals surface area contributed by atoms with Crippen LogP contribution in [-0.4, -0.2) is 26.9 Å². The topological polar surface area (TPSA) is 59.9 Å². The molecule has 0 amide bonds.